The molecular weight excluding hydrogens is 262 g/mol. The van der Waals surface area contributed by atoms with Gasteiger partial charge in [0.05, 0.1) is 6.54 Å². The molecule has 0 spiro atoms. The third kappa shape index (κ3) is 3.83. The molecule has 5 heteroatoms. The average Bonchev–Trinajstić information content (AvgIpc) is 2.91. The molecule has 2 rings (SSSR count). The topological polar surface area (TPSA) is 46.0 Å². The summed E-state index contributed by atoms with van der Waals surface area (Å²) < 4.78 is 2.06. The van der Waals surface area contributed by atoms with Crippen LogP contribution < -0.4 is 5.32 Å². The van der Waals surface area contributed by atoms with Gasteiger partial charge in [0.1, 0.15) is 12.2 Å². The molecule has 0 saturated carbocycles. The molecule has 0 radical (unpaired) electrons. The number of hydrogen-bond donors (Lipinski definition) is 1. The summed E-state index contributed by atoms with van der Waals surface area (Å²) >= 11 is 0. The maximum Gasteiger partial charge on any atom is 0.141 e. The van der Waals surface area contributed by atoms with E-state index in [1.165, 1.54) is 12.8 Å². The summed E-state index contributed by atoms with van der Waals surface area (Å²) in [7, 11) is 0. The van der Waals surface area contributed by atoms with Crippen molar-refractivity contribution in [2.45, 2.75) is 78.0 Å². The zero-order valence-corrected chi connectivity index (χ0v) is 14.1. The highest BCUT2D eigenvalue weighted by atomic mass is 15.4. The Morgan fingerprint density at radius 2 is 2.14 bits per heavy atom. The standard InChI is InChI=1S/C16H31N5/c1-5-8-14-10-20(16(4,7-3)12-17-14)11-15-18-13-19-21(15)9-6-2/h13-14,17H,5-12H2,1-4H3. The van der Waals surface area contributed by atoms with Crippen LogP contribution in [0.25, 0.3) is 0 Å². The van der Waals surface area contributed by atoms with Gasteiger partial charge in [-0.3, -0.25) is 4.90 Å². The monoisotopic (exact) mass is 293 g/mol. The van der Waals surface area contributed by atoms with E-state index in [1.807, 2.05) is 0 Å². The Balaban J connectivity index is 2.10. The van der Waals surface area contributed by atoms with E-state index < -0.39 is 0 Å². The van der Waals surface area contributed by atoms with Crippen LogP contribution in [0.5, 0.6) is 0 Å². The molecule has 1 aromatic rings. The molecule has 2 atom stereocenters. The van der Waals surface area contributed by atoms with Crippen molar-refractivity contribution in [1.82, 2.24) is 25.0 Å². The molecule has 5 nitrogen and oxygen atoms in total. The van der Waals surface area contributed by atoms with Crippen molar-refractivity contribution in [3.8, 4) is 0 Å². The fourth-order valence-electron chi connectivity index (χ4n) is 3.15. The molecule has 0 aliphatic carbocycles. The van der Waals surface area contributed by atoms with Gasteiger partial charge in [0.2, 0.25) is 0 Å². The molecule has 0 bridgehead atoms. The lowest BCUT2D eigenvalue weighted by Gasteiger charge is -2.47. The van der Waals surface area contributed by atoms with Crippen LogP contribution in [0.1, 0.15) is 59.2 Å². The summed E-state index contributed by atoms with van der Waals surface area (Å²) in [6.07, 6.45) is 6.43. The second-order valence-electron chi connectivity index (χ2n) is 6.50. The summed E-state index contributed by atoms with van der Waals surface area (Å²) in [5.41, 5.74) is 0.216. The van der Waals surface area contributed by atoms with Crippen LogP contribution in [-0.2, 0) is 13.1 Å². The van der Waals surface area contributed by atoms with Crippen LogP contribution >= 0.6 is 0 Å². The van der Waals surface area contributed by atoms with Crippen molar-refractivity contribution in [2.75, 3.05) is 13.1 Å². The van der Waals surface area contributed by atoms with Gasteiger partial charge in [0.15, 0.2) is 0 Å². The predicted octanol–water partition coefficient (Wildman–Crippen LogP) is 2.43. The highest BCUT2D eigenvalue weighted by Gasteiger charge is 2.36. The first-order chi connectivity index (χ1) is 10.1. The Labute approximate surface area is 129 Å². The maximum absolute atomic E-state index is 4.49. The summed E-state index contributed by atoms with van der Waals surface area (Å²) in [4.78, 5) is 7.10. The predicted molar refractivity (Wildman–Crippen MR) is 86.1 cm³/mol. The zero-order chi connectivity index (χ0) is 15.3. The van der Waals surface area contributed by atoms with E-state index in [9.17, 15) is 0 Å². The van der Waals surface area contributed by atoms with Gasteiger partial charge in [0.25, 0.3) is 0 Å². The fraction of sp³-hybridized carbons (Fsp3) is 0.875. The lowest BCUT2D eigenvalue weighted by Crippen LogP contribution is -2.62. The van der Waals surface area contributed by atoms with Gasteiger partial charge < -0.3 is 5.32 Å². The van der Waals surface area contributed by atoms with Gasteiger partial charge in [-0.05, 0) is 26.2 Å². The highest BCUT2D eigenvalue weighted by molar-refractivity contribution is 4.98. The minimum absolute atomic E-state index is 0.216. The van der Waals surface area contributed by atoms with E-state index in [0.717, 1.165) is 44.8 Å². The van der Waals surface area contributed by atoms with E-state index in [1.54, 1.807) is 6.33 Å². The van der Waals surface area contributed by atoms with E-state index in [-0.39, 0.29) is 5.54 Å². The van der Waals surface area contributed by atoms with Crippen LogP contribution in [0, 0.1) is 0 Å². The molecule has 1 N–H and O–H groups in total. The van der Waals surface area contributed by atoms with E-state index >= 15 is 0 Å². The average molecular weight is 293 g/mol. The lowest BCUT2D eigenvalue weighted by molar-refractivity contribution is 0.0362. The molecule has 120 valence electrons. The number of aromatic nitrogens is 3. The van der Waals surface area contributed by atoms with Crippen LogP contribution in [0.2, 0.25) is 0 Å². The normalized spacial score (nSPS) is 27.1. The van der Waals surface area contributed by atoms with Crippen LogP contribution in [-0.4, -0.2) is 44.3 Å². The van der Waals surface area contributed by atoms with Crippen molar-refractivity contribution in [2.24, 2.45) is 0 Å². The molecule has 0 aromatic carbocycles. The lowest BCUT2D eigenvalue weighted by atomic mass is 9.91. The van der Waals surface area contributed by atoms with Crippen molar-refractivity contribution < 1.29 is 0 Å². The Hall–Kier alpha value is -0.940. The Morgan fingerprint density at radius 1 is 1.33 bits per heavy atom. The van der Waals surface area contributed by atoms with Gasteiger partial charge >= 0.3 is 0 Å². The first-order valence-electron chi connectivity index (χ1n) is 8.48. The smallest absolute Gasteiger partial charge is 0.141 e. The fourth-order valence-corrected chi connectivity index (χ4v) is 3.15. The Kier molecular flexibility index (Phi) is 5.76. The first kappa shape index (κ1) is 16.4. The molecule has 1 fully saturated rings. The van der Waals surface area contributed by atoms with E-state index in [4.69, 9.17) is 0 Å². The van der Waals surface area contributed by atoms with E-state index in [2.05, 4.69) is 52.7 Å². The summed E-state index contributed by atoms with van der Waals surface area (Å²) in [6, 6.07) is 0.608. The number of nitrogens with one attached hydrogen (secondary N) is 1. The van der Waals surface area contributed by atoms with Gasteiger partial charge in [0, 0.05) is 31.2 Å². The molecule has 0 amide bonds. The van der Waals surface area contributed by atoms with Gasteiger partial charge in [-0.15, -0.1) is 0 Å². The quantitative estimate of drug-likeness (QED) is 0.839. The second-order valence-corrected chi connectivity index (χ2v) is 6.50. The summed E-state index contributed by atoms with van der Waals surface area (Å²) in [5, 5.41) is 8.09. The molecule has 1 saturated heterocycles. The van der Waals surface area contributed by atoms with Crippen molar-refractivity contribution >= 4 is 0 Å². The molecule has 1 aliphatic heterocycles. The maximum atomic E-state index is 4.49. The zero-order valence-electron chi connectivity index (χ0n) is 14.1. The van der Waals surface area contributed by atoms with E-state index in [0.29, 0.717) is 6.04 Å². The minimum atomic E-state index is 0.216. The Morgan fingerprint density at radius 3 is 2.81 bits per heavy atom. The van der Waals surface area contributed by atoms with Crippen LogP contribution in [0.3, 0.4) is 0 Å². The van der Waals surface area contributed by atoms with Crippen LogP contribution in [0.15, 0.2) is 6.33 Å². The molecule has 2 unspecified atom stereocenters. The molecular formula is C16H31N5. The number of nitrogens with zero attached hydrogens (tertiary/aromatic N) is 4. The van der Waals surface area contributed by atoms with Crippen LogP contribution in [0.4, 0.5) is 0 Å². The van der Waals surface area contributed by atoms with Gasteiger partial charge in [-0.25, -0.2) is 9.67 Å². The second kappa shape index (κ2) is 7.36. The van der Waals surface area contributed by atoms with Crippen molar-refractivity contribution in [3.63, 3.8) is 0 Å². The van der Waals surface area contributed by atoms with Gasteiger partial charge in [-0.1, -0.05) is 27.2 Å². The highest BCUT2D eigenvalue weighted by Crippen LogP contribution is 2.25. The first-order valence-corrected chi connectivity index (χ1v) is 8.48. The molecule has 21 heavy (non-hydrogen) atoms. The van der Waals surface area contributed by atoms with Crippen molar-refractivity contribution in [3.05, 3.63) is 12.2 Å². The number of aryl methyl sites for hydroxylation is 1. The number of hydrogen-bond acceptors (Lipinski definition) is 4. The van der Waals surface area contributed by atoms with Gasteiger partial charge in [-0.2, -0.15) is 5.10 Å². The third-order valence-electron chi connectivity index (χ3n) is 4.84. The molecule has 2 heterocycles. The third-order valence-corrected chi connectivity index (χ3v) is 4.84. The number of piperazine rings is 1. The molecule has 1 aromatic heterocycles. The number of rotatable bonds is 7. The SMILES string of the molecule is CCCC1CN(Cc2ncnn2CCC)C(C)(CC)CN1. The minimum Gasteiger partial charge on any atom is -0.311 e. The van der Waals surface area contributed by atoms with Crippen molar-refractivity contribution in [1.29, 1.82) is 0 Å². The largest absolute Gasteiger partial charge is 0.311 e. The summed E-state index contributed by atoms with van der Waals surface area (Å²) in [6.45, 7) is 13.1. The Bertz CT molecular complexity index is 430. The summed E-state index contributed by atoms with van der Waals surface area (Å²) in [5.74, 6) is 1.11. The molecule has 1 aliphatic rings.